The van der Waals surface area contributed by atoms with E-state index >= 15 is 0 Å². The predicted octanol–water partition coefficient (Wildman–Crippen LogP) is 3.07. The Balaban J connectivity index is 1.80. The summed E-state index contributed by atoms with van der Waals surface area (Å²) in [5, 5.41) is 14.6. The molecule has 0 radical (unpaired) electrons. The van der Waals surface area contributed by atoms with Crippen molar-refractivity contribution in [3.63, 3.8) is 0 Å². The molecule has 1 heterocycles. The van der Waals surface area contributed by atoms with Crippen LogP contribution in [0, 0.1) is 13.8 Å². The highest BCUT2D eigenvalue weighted by Gasteiger charge is 2.11. The van der Waals surface area contributed by atoms with Crippen molar-refractivity contribution in [3.8, 4) is 0 Å². The first-order chi connectivity index (χ1) is 11.0. The highest BCUT2D eigenvalue weighted by atomic mass is 32.1. The lowest BCUT2D eigenvalue weighted by atomic mass is 10.1. The summed E-state index contributed by atoms with van der Waals surface area (Å²) in [6.07, 6.45) is 1.02. The number of aryl methyl sites for hydroxylation is 3. The van der Waals surface area contributed by atoms with Gasteiger partial charge in [-0.3, -0.25) is 9.59 Å². The van der Waals surface area contributed by atoms with Crippen LogP contribution >= 0.6 is 11.3 Å². The topological polar surface area (TPSA) is 84.0 Å². The minimum absolute atomic E-state index is 0.109. The van der Waals surface area contributed by atoms with E-state index in [1.54, 1.807) is 0 Å². The molecule has 0 aliphatic heterocycles. The largest absolute Gasteiger partial charge is 0.326 e. The Labute approximate surface area is 139 Å². The number of carbonyl (C=O) groups excluding carboxylic acids is 2. The molecule has 2 rings (SSSR count). The fourth-order valence-electron chi connectivity index (χ4n) is 2.02. The van der Waals surface area contributed by atoms with Gasteiger partial charge in [0.1, 0.15) is 5.01 Å². The zero-order valence-corrected chi connectivity index (χ0v) is 14.3. The molecule has 122 valence electrons. The average molecular weight is 332 g/mol. The van der Waals surface area contributed by atoms with Gasteiger partial charge in [-0.1, -0.05) is 36.0 Å². The summed E-state index contributed by atoms with van der Waals surface area (Å²) in [5.41, 5.74) is 2.92. The van der Waals surface area contributed by atoms with Crippen LogP contribution in [0.4, 0.5) is 10.8 Å². The standard InChI is InChI=1S/C16H20N4O2S/c1-4-15-19-20-16(23-15)18-14(22)8-7-13(21)17-12-6-5-10(2)9-11(12)3/h5-6,9H,4,7-8H2,1-3H3,(H,17,21)(H,18,20,22). The molecule has 0 fully saturated rings. The van der Waals surface area contributed by atoms with E-state index in [4.69, 9.17) is 0 Å². The molecule has 0 spiro atoms. The molecule has 0 saturated heterocycles. The Hall–Kier alpha value is -2.28. The van der Waals surface area contributed by atoms with Crippen molar-refractivity contribution in [1.29, 1.82) is 0 Å². The maximum Gasteiger partial charge on any atom is 0.226 e. The fourth-order valence-corrected chi connectivity index (χ4v) is 2.72. The second-order valence-electron chi connectivity index (χ2n) is 5.27. The quantitative estimate of drug-likeness (QED) is 0.851. The first-order valence-corrected chi connectivity index (χ1v) is 8.29. The monoisotopic (exact) mass is 332 g/mol. The van der Waals surface area contributed by atoms with Crippen LogP contribution in [0.2, 0.25) is 0 Å². The van der Waals surface area contributed by atoms with Crippen LogP contribution in [0.15, 0.2) is 18.2 Å². The lowest BCUT2D eigenvalue weighted by Gasteiger charge is -2.09. The molecule has 0 aliphatic carbocycles. The number of rotatable bonds is 6. The molecule has 2 N–H and O–H groups in total. The molecule has 23 heavy (non-hydrogen) atoms. The van der Waals surface area contributed by atoms with Crippen LogP contribution in [-0.2, 0) is 16.0 Å². The van der Waals surface area contributed by atoms with Crippen molar-refractivity contribution in [2.75, 3.05) is 10.6 Å². The summed E-state index contributed by atoms with van der Waals surface area (Å²) in [7, 11) is 0. The van der Waals surface area contributed by atoms with Crippen LogP contribution < -0.4 is 10.6 Å². The summed E-state index contributed by atoms with van der Waals surface area (Å²) in [5.74, 6) is -0.418. The smallest absolute Gasteiger partial charge is 0.226 e. The molecule has 0 aliphatic rings. The molecule has 2 amide bonds. The molecule has 0 atom stereocenters. The Bertz CT molecular complexity index is 712. The Morgan fingerprint density at radius 1 is 1.09 bits per heavy atom. The van der Waals surface area contributed by atoms with E-state index in [-0.39, 0.29) is 24.7 Å². The van der Waals surface area contributed by atoms with Gasteiger partial charge >= 0.3 is 0 Å². The van der Waals surface area contributed by atoms with E-state index in [1.165, 1.54) is 11.3 Å². The minimum atomic E-state index is -0.236. The number of anilines is 2. The lowest BCUT2D eigenvalue weighted by molar-refractivity contribution is -0.121. The SMILES string of the molecule is CCc1nnc(NC(=O)CCC(=O)Nc2ccc(C)cc2C)s1. The molecule has 7 heteroatoms. The number of hydrogen-bond donors (Lipinski definition) is 2. The van der Waals surface area contributed by atoms with Crippen LogP contribution in [0.5, 0.6) is 0 Å². The maximum atomic E-state index is 11.9. The van der Waals surface area contributed by atoms with Crippen molar-refractivity contribution < 1.29 is 9.59 Å². The molecule has 0 saturated carbocycles. The van der Waals surface area contributed by atoms with Crippen LogP contribution in [-0.4, -0.2) is 22.0 Å². The van der Waals surface area contributed by atoms with Crippen LogP contribution in [0.3, 0.4) is 0 Å². The van der Waals surface area contributed by atoms with Gasteiger partial charge in [0.2, 0.25) is 16.9 Å². The van der Waals surface area contributed by atoms with Gasteiger partial charge in [0, 0.05) is 18.5 Å². The first-order valence-electron chi connectivity index (χ1n) is 7.47. The second-order valence-corrected chi connectivity index (χ2v) is 6.33. The Kier molecular flexibility index (Phi) is 5.81. The normalized spacial score (nSPS) is 10.4. The van der Waals surface area contributed by atoms with Crippen molar-refractivity contribution in [3.05, 3.63) is 34.3 Å². The van der Waals surface area contributed by atoms with Crippen molar-refractivity contribution in [1.82, 2.24) is 10.2 Å². The van der Waals surface area contributed by atoms with Crippen LogP contribution in [0.25, 0.3) is 0 Å². The van der Waals surface area contributed by atoms with Crippen molar-refractivity contribution >= 4 is 34.0 Å². The third-order valence-corrected chi connectivity index (χ3v) is 4.23. The number of carbonyl (C=O) groups is 2. The molecule has 1 aromatic carbocycles. The summed E-state index contributed by atoms with van der Waals surface area (Å²) in [6, 6.07) is 5.81. The third kappa shape index (κ3) is 5.14. The zero-order chi connectivity index (χ0) is 16.8. The first kappa shape index (κ1) is 17.1. The number of aromatic nitrogens is 2. The van der Waals surface area contributed by atoms with E-state index < -0.39 is 0 Å². The number of nitrogens with zero attached hydrogens (tertiary/aromatic N) is 2. The second kappa shape index (κ2) is 7.82. The zero-order valence-electron chi connectivity index (χ0n) is 13.5. The summed E-state index contributed by atoms with van der Waals surface area (Å²) < 4.78 is 0. The van der Waals surface area contributed by atoms with Gasteiger partial charge in [-0.15, -0.1) is 10.2 Å². The Morgan fingerprint density at radius 3 is 2.39 bits per heavy atom. The molecule has 2 aromatic rings. The molecular weight excluding hydrogens is 312 g/mol. The maximum absolute atomic E-state index is 11.9. The molecule has 1 aromatic heterocycles. The minimum Gasteiger partial charge on any atom is -0.326 e. The summed E-state index contributed by atoms with van der Waals surface area (Å²) in [4.78, 5) is 23.8. The van der Waals surface area contributed by atoms with Gasteiger partial charge in [-0.2, -0.15) is 0 Å². The van der Waals surface area contributed by atoms with Gasteiger partial charge < -0.3 is 10.6 Å². The van der Waals surface area contributed by atoms with Crippen LogP contribution in [0.1, 0.15) is 35.9 Å². The third-order valence-electron chi connectivity index (χ3n) is 3.25. The molecular formula is C16H20N4O2S. The van der Waals surface area contributed by atoms with Gasteiger partial charge in [0.05, 0.1) is 0 Å². The van der Waals surface area contributed by atoms with E-state index in [9.17, 15) is 9.59 Å². The van der Waals surface area contributed by atoms with E-state index in [1.807, 2.05) is 39.0 Å². The van der Waals surface area contributed by atoms with Crippen molar-refractivity contribution in [2.45, 2.75) is 40.0 Å². The highest BCUT2D eigenvalue weighted by molar-refractivity contribution is 7.15. The Morgan fingerprint density at radius 2 is 1.78 bits per heavy atom. The number of amides is 2. The average Bonchev–Trinajstić information content (AvgIpc) is 2.95. The number of nitrogens with one attached hydrogen (secondary N) is 2. The van der Waals surface area contributed by atoms with E-state index in [2.05, 4.69) is 20.8 Å². The lowest BCUT2D eigenvalue weighted by Crippen LogP contribution is -2.17. The highest BCUT2D eigenvalue weighted by Crippen LogP contribution is 2.17. The summed E-state index contributed by atoms with van der Waals surface area (Å²) >= 11 is 1.35. The molecule has 0 unspecified atom stereocenters. The van der Waals surface area contributed by atoms with E-state index in [0.29, 0.717) is 5.13 Å². The van der Waals surface area contributed by atoms with Gasteiger partial charge in [0.15, 0.2) is 0 Å². The van der Waals surface area contributed by atoms with E-state index in [0.717, 1.165) is 28.2 Å². The molecule has 6 nitrogen and oxygen atoms in total. The fraction of sp³-hybridized carbons (Fsp3) is 0.375. The van der Waals surface area contributed by atoms with Gasteiger partial charge in [0.25, 0.3) is 0 Å². The van der Waals surface area contributed by atoms with Gasteiger partial charge in [-0.25, -0.2) is 0 Å². The van der Waals surface area contributed by atoms with Gasteiger partial charge in [-0.05, 0) is 31.9 Å². The summed E-state index contributed by atoms with van der Waals surface area (Å²) in [6.45, 7) is 5.92. The molecule has 0 bridgehead atoms. The predicted molar refractivity (Wildman–Crippen MR) is 91.7 cm³/mol. The number of hydrogen-bond acceptors (Lipinski definition) is 5. The van der Waals surface area contributed by atoms with Crippen molar-refractivity contribution in [2.24, 2.45) is 0 Å². The number of benzene rings is 1.